The molecule has 0 aromatic carbocycles. The number of carboxylic acid groups (broad SMARTS) is 1. The third-order valence-electron chi connectivity index (χ3n) is 2.98. The fraction of sp³-hybridized carbons (Fsp3) is 0.667. The Morgan fingerprint density at radius 2 is 1.88 bits per heavy atom. The topological polar surface area (TPSA) is 63.6 Å². The first-order valence-corrected chi connectivity index (χ1v) is 5.71. The Morgan fingerprint density at radius 3 is 2.44 bits per heavy atom. The molecule has 0 amide bonds. The molecule has 1 atom stereocenters. The molecule has 4 nitrogen and oxygen atoms in total. The zero-order valence-corrected chi connectivity index (χ0v) is 9.52. The van der Waals surface area contributed by atoms with Crippen molar-refractivity contribution in [3.8, 4) is 0 Å². The summed E-state index contributed by atoms with van der Waals surface area (Å²) in [6.45, 7) is 1.88. The van der Waals surface area contributed by atoms with Crippen molar-refractivity contribution in [3.63, 3.8) is 0 Å². The molecule has 0 bridgehead atoms. The normalized spacial score (nSPS) is 19.6. The highest BCUT2D eigenvalue weighted by Crippen LogP contribution is 2.27. The van der Waals surface area contributed by atoms with Crippen LogP contribution in [0.4, 0.5) is 0 Å². The summed E-state index contributed by atoms with van der Waals surface area (Å²) >= 11 is 0. The lowest BCUT2D eigenvalue weighted by atomic mass is 9.86. The molecule has 0 aliphatic heterocycles. The molecule has 16 heavy (non-hydrogen) atoms. The van der Waals surface area contributed by atoms with E-state index in [1.165, 1.54) is 19.3 Å². The summed E-state index contributed by atoms with van der Waals surface area (Å²) in [4.78, 5) is 21.4. The van der Waals surface area contributed by atoms with Crippen LogP contribution in [0.5, 0.6) is 0 Å². The maximum atomic E-state index is 11.2. The van der Waals surface area contributed by atoms with Crippen LogP contribution in [-0.2, 0) is 14.3 Å². The Hall–Kier alpha value is -1.32. The zero-order chi connectivity index (χ0) is 12.0. The molecule has 0 heterocycles. The highest BCUT2D eigenvalue weighted by atomic mass is 16.5. The van der Waals surface area contributed by atoms with Gasteiger partial charge in [-0.1, -0.05) is 19.3 Å². The van der Waals surface area contributed by atoms with Gasteiger partial charge in [0.05, 0.1) is 0 Å². The smallest absolute Gasteiger partial charge is 0.331 e. The van der Waals surface area contributed by atoms with Gasteiger partial charge in [-0.2, -0.15) is 0 Å². The average molecular weight is 226 g/mol. The molecule has 1 fully saturated rings. The van der Waals surface area contributed by atoms with Crippen LogP contribution in [0.25, 0.3) is 0 Å². The van der Waals surface area contributed by atoms with Crippen molar-refractivity contribution < 1.29 is 19.4 Å². The van der Waals surface area contributed by atoms with Gasteiger partial charge in [0, 0.05) is 12.2 Å². The third kappa shape index (κ3) is 4.47. The summed E-state index contributed by atoms with van der Waals surface area (Å²) in [5, 5.41) is 8.35. The second-order valence-electron chi connectivity index (χ2n) is 4.21. The average Bonchev–Trinajstić information content (AvgIpc) is 2.27. The summed E-state index contributed by atoms with van der Waals surface area (Å²) < 4.78 is 5.15. The molecule has 1 N–H and O–H groups in total. The molecule has 0 spiro atoms. The van der Waals surface area contributed by atoms with Crippen molar-refractivity contribution in [2.75, 3.05) is 0 Å². The summed E-state index contributed by atoms with van der Waals surface area (Å²) in [5.41, 5.74) is 0. The molecule has 1 rings (SSSR count). The first kappa shape index (κ1) is 12.7. The van der Waals surface area contributed by atoms with Crippen LogP contribution in [0.15, 0.2) is 12.2 Å². The Bertz CT molecular complexity index is 277. The van der Waals surface area contributed by atoms with Crippen molar-refractivity contribution in [1.82, 2.24) is 0 Å². The predicted octanol–water partition coefficient (Wildman–Crippen LogP) is 2.14. The number of hydrogen-bond acceptors (Lipinski definition) is 3. The molecule has 1 aliphatic rings. The second-order valence-corrected chi connectivity index (χ2v) is 4.21. The van der Waals surface area contributed by atoms with Crippen molar-refractivity contribution in [3.05, 3.63) is 12.2 Å². The van der Waals surface area contributed by atoms with Crippen LogP contribution in [-0.4, -0.2) is 23.1 Å². The molecule has 0 saturated heterocycles. The van der Waals surface area contributed by atoms with E-state index in [-0.39, 0.29) is 6.10 Å². The number of carboxylic acids is 1. The largest absolute Gasteiger partial charge is 0.478 e. The second kappa shape index (κ2) is 6.30. The maximum Gasteiger partial charge on any atom is 0.331 e. The van der Waals surface area contributed by atoms with Gasteiger partial charge in [0.25, 0.3) is 0 Å². The van der Waals surface area contributed by atoms with E-state index in [9.17, 15) is 9.59 Å². The summed E-state index contributed by atoms with van der Waals surface area (Å²) in [7, 11) is 0. The maximum absolute atomic E-state index is 11.2. The quantitative estimate of drug-likeness (QED) is 0.589. The molecule has 1 unspecified atom stereocenters. The SMILES string of the molecule is CC(OC(=O)C=CC(=O)O)C1CCCCC1. The van der Waals surface area contributed by atoms with E-state index in [1.807, 2.05) is 6.92 Å². The number of carbonyl (C=O) groups is 2. The van der Waals surface area contributed by atoms with E-state index in [2.05, 4.69) is 0 Å². The fourth-order valence-corrected chi connectivity index (χ4v) is 2.06. The minimum Gasteiger partial charge on any atom is -0.478 e. The van der Waals surface area contributed by atoms with Crippen LogP contribution in [0.2, 0.25) is 0 Å². The van der Waals surface area contributed by atoms with E-state index < -0.39 is 11.9 Å². The molecule has 1 aliphatic carbocycles. The van der Waals surface area contributed by atoms with E-state index in [0.717, 1.165) is 25.0 Å². The van der Waals surface area contributed by atoms with E-state index in [0.29, 0.717) is 5.92 Å². The van der Waals surface area contributed by atoms with Crippen LogP contribution in [0.3, 0.4) is 0 Å². The van der Waals surface area contributed by atoms with Crippen LogP contribution < -0.4 is 0 Å². The molecular formula is C12H18O4. The van der Waals surface area contributed by atoms with Crippen molar-refractivity contribution >= 4 is 11.9 Å². The van der Waals surface area contributed by atoms with E-state index in [4.69, 9.17) is 9.84 Å². The Labute approximate surface area is 95.3 Å². The number of carbonyl (C=O) groups excluding carboxylic acids is 1. The van der Waals surface area contributed by atoms with E-state index in [1.54, 1.807) is 0 Å². The van der Waals surface area contributed by atoms with Crippen LogP contribution >= 0.6 is 0 Å². The number of ether oxygens (including phenoxy) is 1. The first-order valence-electron chi connectivity index (χ1n) is 5.71. The molecule has 1 saturated carbocycles. The Morgan fingerprint density at radius 1 is 1.25 bits per heavy atom. The van der Waals surface area contributed by atoms with E-state index >= 15 is 0 Å². The number of rotatable bonds is 4. The number of hydrogen-bond donors (Lipinski definition) is 1. The van der Waals surface area contributed by atoms with Gasteiger partial charge < -0.3 is 9.84 Å². The standard InChI is InChI=1S/C12H18O4/c1-9(10-5-3-2-4-6-10)16-12(15)8-7-11(13)14/h7-10H,2-6H2,1H3,(H,13,14). The molecule has 4 heteroatoms. The van der Waals surface area contributed by atoms with Crippen LogP contribution in [0.1, 0.15) is 39.0 Å². The first-order chi connectivity index (χ1) is 7.59. The minimum absolute atomic E-state index is 0.119. The number of aliphatic carboxylic acids is 1. The lowest BCUT2D eigenvalue weighted by Crippen LogP contribution is -2.25. The predicted molar refractivity (Wildman–Crippen MR) is 58.9 cm³/mol. The van der Waals surface area contributed by atoms with Crippen molar-refractivity contribution in [1.29, 1.82) is 0 Å². The van der Waals surface area contributed by atoms with Gasteiger partial charge in [-0.15, -0.1) is 0 Å². The molecule has 0 aromatic rings. The molecule has 0 radical (unpaired) electrons. The fourth-order valence-electron chi connectivity index (χ4n) is 2.06. The monoisotopic (exact) mass is 226 g/mol. The third-order valence-corrected chi connectivity index (χ3v) is 2.98. The highest BCUT2D eigenvalue weighted by molar-refractivity contribution is 5.90. The van der Waals surface area contributed by atoms with Gasteiger partial charge in [0.1, 0.15) is 6.10 Å². The van der Waals surface area contributed by atoms with Gasteiger partial charge in [-0.05, 0) is 25.7 Å². The van der Waals surface area contributed by atoms with Crippen molar-refractivity contribution in [2.24, 2.45) is 5.92 Å². The summed E-state index contributed by atoms with van der Waals surface area (Å²) in [5.74, 6) is -1.28. The Balaban J connectivity index is 2.34. The van der Waals surface area contributed by atoms with Gasteiger partial charge in [-0.25, -0.2) is 9.59 Å². The summed E-state index contributed by atoms with van der Waals surface area (Å²) in [6.07, 6.45) is 7.47. The van der Waals surface area contributed by atoms with Crippen LogP contribution in [0, 0.1) is 5.92 Å². The minimum atomic E-state index is -1.14. The lowest BCUT2D eigenvalue weighted by Gasteiger charge is -2.26. The lowest BCUT2D eigenvalue weighted by molar-refractivity contribution is -0.145. The summed E-state index contributed by atoms with van der Waals surface area (Å²) in [6, 6.07) is 0. The van der Waals surface area contributed by atoms with Gasteiger partial charge >= 0.3 is 11.9 Å². The van der Waals surface area contributed by atoms with Crippen molar-refractivity contribution in [2.45, 2.75) is 45.1 Å². The zero-order valence-electron chi connectivity index (χ0n) is 9.52. The van der Waals surface area contributed by atoms with Gasteiger partial charge in [0.2, 0.25) is 0 Å². The molecular weight excluding hydrogens is 208 g/mol. The molecule has 90 valence electrons. The highest BCUT2D eigenvalue weighted by Gasteiger charge is 2.22. The molecule has 0 aromatic heterocycles. The van der Waals surface area contributed by atoms with Gasteiger partial charge in [-0.3, -0.25) is 0 Å². The Kier molecular flexibility index (Phi) is 5.02. The van der Waals surface area contributed by atoms with Gasteiger partial charge in [0.15, 0.2) is 0 Å². The number of esters is 1.